The number of urea groups is 1. The fourth-order valence-corrected chi connectivity index (χ4v) is 4.15. The van der Waals surface area contributed by atoms with Gasteiger partial charge in [-0.3, -0.25) is 10.1 Å². The highest BCUT2D eigenvalue weighted by molar-refractivity contribution is 5.96. The first-order valence-corrected chi connectivity index (χ1v) is 10.4. The Morgan fingerprint density at radius 1 is 1.11 bits per heavy atom. The molecule has 1 aliphatic heterocycles. The van der Waals surface area contributed by atoms with Crippen LogP contribution < -0.4 is 25.2 Å². The van der Waals surface area contributed by atoms with E-state index >= 15 is 0 Å². The van der Waals surface area contributed by atoms with Gasteiger partial charge >= 0.3 is 6.03 Å². The van der Waals surface area contributed by atoms with E-state index in [0.29, 0.717) is 0 Å². The molecule has 1 aliphatic carbocycles. The molecule has 3 amide bonds. The van der Waals surface area contributed by atoms with Gasteiger partial charge in [0.2, 0.25) is 0 Å². The van der Waals surface area contributed by atoms with E-state index in [9.17, 15) is 9.59 Å². The minimum Gasteiger partial charge on any atom is -0.497 e. The predicted octanol–water partition coefficient (Wildman–Crippen LogP) is 0.947. The Morgan fingerprint density at radius 3 is 2.36 bits per heavy atom. The average Bonchev–Trinajstić information content (AvgIpc) is 2.74. The van der Waals surface area contributed by atoms with Gasteiger partial charge in [0.05, 0.1) is 33.3 Å². The number of amides is 3. The van der Waals surface area contributed by atoms with Gasteiger partial charge in [-0.05, 0) is 44.0 Å². The second kappa shape index (κ2) is 9.78. The highest BCUT2D eigenvalue weighted by Crippen LogP contribution is 2.19. The smallest absolute Gasteiger partial charge is 0.321 e. The number of nitrogens with zero attached hydrogens (tertiary/aromatic N) is 1. The van der Waals surface area contributed by atoms with Gasteiger partial charge in [-0.15, -0.1) is 0 Å². The first-order valence-electron chi connectivity index (χ1n) is 10.4. The average molecular weight is 390 g/mol. The van der Waals surface area contributed by atoms with E-state index in [1.165, 1.54) is 17.0 Å². The highest BCUT2D eigenvalue weighted by atomic mass is 16.5. The minimum atomic E-state index is -0.347. The molecule has 0 unspecified atom stereocenters. The zero-order chi connectivity index (χ0) is 19.9. The number of imide groups is 1. The van der Waals surface area contributed by atoms with Gasteiger partial charge in [0.25, 0.3) is 5.91 Å². The summed E-state index contributed by atoms with van der Waals surface area (Å²) >= 11 is 0. The molecule has 1 aromatic carbocycles. The number of methoxy groups -OCH3 is 1. The summed E-state index contributed by atoms with van der Waals surface area (Å²) < 4.78 is 5.21. The van der Waals surface area contributed by atoms with Crippen molar-refractivity contribution in [3.05, 3.63) is 24.3 Å². The number of ether oxygens (including phenoxy) is 1. The van der Waals surface area contributed by atoms with Crippen molar-refractivity contribution in [3.63, 3.8) is 0 Å². The Balaban J connectivity index is 1.43. The molecule has 0 aromatic heterocycles. The number of benzene rings is 1. The van der Waals surface area contributed by atoms with E-state index in [1.807, 2.05) is 19.1 Å². The van der Waals surface area contributed by atoms with Crippen LogP contribution in [0.3, 0.4) is 0 Å². The summed E-state index contributed by atoms with van der Waals surface area (Å²) in [7, 11) is 1.67. The molecule has 3 N–H and O–H groups in total. The number of rotatable bonds is 5. The van der Waals surface area contributed by atoms with Crippen LogP contribution in [0.1, 0.15) is 39.0 Å². The molecule has 3 rings (SSSR count). The lowest BCUT2D eigenvalue weighted by Gasteiger charge is -2.36. The Hall–Kier alpha value is -2.28. The van der Waals surface area contributed by atoms with E-state index in [-0.39, 0.29) is 24.0 Å². The third-order valence-corrected chi connectivity index (χ3v) is 6.03. The Bertz CT molecular complexity index is 650. The molecule has 1 heterocycles. The Morgan fingerprint density at radius 2 is 1.75 bits per heavy atom. The van der Waals surface area contributed by atoms with Crippen LogP contribution in [0.5, 0.6) is 5.75 Å². The summed E-state index contributed by atoms with van der Waals surface area (Å²) in [5, 5.41) is 5.49. The van der Waals surface area contributed by atoms with Crippen LogP contribution in [0.4, 0.5) is 10.5 Å². The number of piperazine rings is 1. The van der Waals surface area contributed by atoms with E-state index in [4.69, 9.17) is 4.74 Å². The highest BCUT2D eigenvalue weighted by Gasteiger charge is 2.30. The Kier molecular flexibility index (Phi) is 7.14. The van der Waals surface area contributed by atoms with Gasteiger partial charge in [0.15, 0.2) is 6.04 Å². The second-order valence-electron chi connectivity index (χ2n) is 7.86. The van der Waals surface area contributed by atoms with E-state index in [1.54, 1.807) is 7.11 Å². The molecule has 0 radical (unpaired) electrons. The maximum atomic E-state index is 12.5. The maximum absolute atomic E-state index is 12.5. The van der Waals surface area contributed by atoms with E-state index in [2.05, 4.69) is 27.7 Å². The molecule has 1 saturated heterocycles. The van der Waals surface area contributed by atoms with Crippen molar-refractivity contribution in [2.24, 2.45) is 0 Å². The summed E-state index contributed by atoms with van der Waals surface area (Å²) in [6, 6.07) is 7.68. The number of anilines is 1. The lowest BCUT2D eigenvalue weighted by atomic mass is 9.96. The van der Waals surface area contributed by atoms with Crippen molar-refractivity contribution >= 4 is 17.6 Å². The molecular formula is C21H33N4O3+. The van der Waals surface area contributed by atoms with Gasteiger partial charge < -0.3 is 19.9 Å². The van der Waals surface area contributed by atoms with Crippen LogP contribution in [-0.2, 0) is 4.79 Å². The molecule has 1 atom stereocenters. The normalized spacial score (nSPS) is 19.7. The molecule has 1 saturated carbocycles. The van der Waals surface area contributed by atoms with Crippen molar-refractivity contribution < 1.29 is 19.2 Å². The van der Waals surface area contributed by atoms with Crippen LogP contribution in [0.25, 0.3) is 0 Å². The SMILES string of the molecule is COc1ccc(N2CC[NH+]([C@@H](C)C(=O)NC(=O)NC3CCCCC3)CC2)cc1. The third-order valence-electron chi connectivity index (χ3n) is 6.03. The van der Waals surface area contributed by atoms with Crippen molar-refractivity contribution in [2.75, 3.05) is 38.2 Å². The number of hydrogen-bond donors (Lipinski definition) is 3. The maximum Gasteiger partial charge on any atom is 0.321 e. The van der Waals surface area contributed by atoms with Gasteiger partial charge in [-0.1, -0.05) is 19.3 Å². The molecule has 0 spiro atoms. The first kappa shape index (κ1) is 20.5. The van der Waals surface area contributed by atoms with Crippen LogP contribution in [0.15, 0.2) is 24.3 Å². The summed E-state index contributed by atoms with van der Waals surface area (Å²) in [5.74, 6) is 0.658. The summed E-state index contributed by atoms with van der Waals surface area (Å²) in [6.45, 7) is 5.40. The van der Waals surface area contributed by atoms with Crippen molar-refractivity contribution in [2.45, 2.75) is 51.1 Å². The standard InChI is InChI=1S/C21H32N4O3/c1-16(20(26)23-21(27)22-17-6-4-3-5-7-17)24-12-14-25(15-13-24)18-8-10-19(28-2)11-9-18/h8-11,16-17H,3-7,12-15H2,1-2H3,(H2,22,23,26,27)/p+1/t16-/m0/s1. The number of carbonyl (C=O) groups excluding carboxylic acids is 2. The monoisotopic (exact) mass is 389 g/mol. The third kappa shape index (κ3) is 5.38. The van der Waals surface area contributed by atoms with Gasteiger partial charge in [0.1, 0.15) is 5.75 Å². The zero-order valence-electron chi connectivity index (χ0n) is 17.0. The molecule has 2 aliphatic rings. The predicted molar refractivity (Wildman–Crippen MR) is 109 cm³/mol. The Labute approximate surface area is 167 Å². The molecule has 0 bridgehead atoms. The summed E-state index contributed by atoms with van der Waals surface area (Å²) in [4.78, 5) is 28.2. The van der Waals surface area contributed by atoms with Crippen LogP contribution in [0, 0.1) is 0 Å². The number of quaternary nitrogens is 1. The second-order valence-corrected chi connectivity index (χ2v) is 7.86. The summed E-state index contributed by atoms with van der Waals surface area (Å²) in [6.07, 6.45) is 5.56. The quantitative estimate of drug-likeness (QED) is 0.701. The van der Waals surface area contributed by atoms with Crippen molar-refractivity contribution in [1.82, 2.24) is 10.6 Å². The lowest BCUT2D eigenvalue weighted by Crippen LogP contribution is -3.19. The van der Waals surface area contributed by atoms with Gasteiger partial charge in [0, 0.05) is 11.7 Å². The molecule has 28 heavy (non-hydrogen) atoms. The van der Waals surface area contributed by atoms with E-state index in [0.717, 1.165) is 57.6 Å². The molecule has 1 aromatic rings. The molecule has 7 nitrogen and oxygen atoms in total. The number of hydrogen-bond acceptors (Lipinski definition) is 4. The fourth-order valence-electron chi connectivity index (χ4n) is 4.15. The molecule has 7 heteroatoms. The largest absolute Gasteiger partial charge is 0.497 e. The van der Waals surface area contributed by atoms with Gasteiger partial charge in [-0.2, -0.15) is 0 Å². The zero-order valence-corrected chi connectivity index (χ0v) is 17.0. The van der Waals surface area contributed by atoms with E-state index < -0.39 is 0 Å². The topological polar surface area (TPSA) is 75.1 Å². The number of carbonyl (C=O) groups is 2. The first-order chi connectivity index (χ1) is 13.6. The van der Waals surface area contributed by atoms with Crippen molar-refractivity contribution in [3.8, 4) is 5.75 Å². The molecule has 154 valence electrons. The molecular weight excluding hydrogens is 356 g/mol. The molecule has 2 fully saturated rings. The van der Waals surface area contributed by atoms with Crippen LogP contribution in [0.2, 0.25) is 0 Å². The van der Waals surface area contributed by atoms with Crippen LogP contribution >= 0.6 is 0 Å². The van der Waals surface area contributed by atoms with Crippen LogP contribution in [-0.4, -0.2) is 57.3 Å². The number of nitrogens with one attached hydrogen (secondary N) is 3. The van der Waals surface area contributed by atoms with Gasteiger partial charge in [-0.25, -0.2) is 4.79 Å². The van der Waals surface area contributed by atoms with Crippen molar-refractivity contribution in [1.29, 1.82) is 0 Å². The lowest BCUT2D eigenvalue weighted by molar-refractivity contribution is -0.914. The minimum absolute atomic E-state index is 0.193. The summed E-state index contributed by atoms with van der Waals surface area (Å²) in [5.41, 5.74) is 1.17. The fraction of sp³-hybridized carbons (Fsp3) is 0.619.